The van der Waals surface area contributed by atoms with Crippen LogP contribution in [0.4, 0.5) is 5.82 Å². The number of piperazine rings is 1. The minimum absolute atomic E-state index is 0.0230. The van der Waals surface area contributed by atoms with Crippen LogP contribution in [-0.4, -0.2) is 82.9 Å². The maximum Gasteiger partial charge on any atom is 0.236 e. The number of rotatable bonds is 11. The molecular formula is C34H39N7O6. The Morgan fingerprint density at radius 1 is 1.02 bits per heavy atom. The number of aromatic nitrogens is 4. The van der Waals surface area contributed by atoms with E-state index < -0.39 is 0 Å². The summed E-state index contributed by atoms with van der Waals surface area (Å²) < 4.78 is 23.4. The minimum atomic E-state index is -0.335. The number of nitrogens with one attached hydrogen (secondary N) is 1. The highest BCUT2D eigenvalue weighted by Gasteiger charge is 2.34. The van der Waals surface area contributed by atoms with Crippen molar-refractivity contribution in [2.45, 2.75) is 45.2 Å². The second-order valence-electron chi connectivity index (χ2n) is 11.8. The molecule has 0 radical (unpaired) electrons. The third-order valence-corrected chi connectivity index (χ3v) is 8.40. The summed E-state index contributed by atoms with van der Waals surface area (Å²) in [6.07, 6.45) is 7.33. The highest BCUT2D eigenvalue weighted by atomic mass is 16.7. The van der Waals surface area contributed by atoms with Gasteiger partial charge in [-0.05, 0) is 41.3 Å². The number of carbonyl (C=O) groups is 2. The van der Waals surface area contributed by atoms with Gasteiger partial charge in [0, 0.05) is 56.8 Å². The number of nitrogens with zero attached hydrogens (tertiary/aromatic N) is 6. The van der Waals surface area contributed by atoms with Crippen LogP contribution in [-0.2, 0) is 22.6 Å². The van der Waals surface area contributed by atoms with E-state index in [-0.39, 0.29) is 43.4 Å². The number of imidazole rings is 1. The molecule has 0 saturated carbocycles. The van der Waals surface area contributed by atoms with Gasteiger partial charge in [-0.1, -0.05) is 26.0 Å². The molecule has 47 heavy (non-hydrogen) atoms. The van der Waals surface area contributed by atoms with E-state index in [4.69, 9.17) is 23.9 Å². The van der Waals surface area contributed by atoms with Gasteiger partial charge in [-0.3, -0.25) is 14.2 Å². The Balaban J connectivity index is 1.23. The zero-order valence-corrected chi connectivity index (χ0v) is 27.0. The molecule has 246 valence electrons. The molecule has 0 spiro atoms. The zero-order chi connectivity index (χ0) is 32.9. The van der Waals surface area contributed by atoms with Gasteiger partial charge in [0.25, 0.3) is 0 Å². The van der Waals surface area contributed by atoms with Gasteiger partial charge in [0.2, 0.25) is 24.6 Å². The van der Waals surface area contributed by atoms with Crippen molar-refractivity contribution in [3.05, 3.63) is 78.0 Å². The molecule has 1 unspecified atom stereocenters. The first-order chi connectivity index (χ1) is 22.8. The molecule has 13 heteroatoms. The van der Waals surface area contributed by atoms with E-state index in [1.807, 2.05) is 47.5 Å². The normalized spacial score (nSPS) is 15.6. The van der Waals surface area contributed by atoms with Crippen LogP contribution >= 0.6 is 0 Å². The molecule has 1 N–H and O–H groups in total. The summed E-state index contributed by atoms with van der Waals surface area (Å²) in [5, 5.41) is 3.05. The van der Waals surface area contributed by atoms with E-state index in [0.717, 1.165) is 22.5 Å². The molecular weight excluding hydrogens is 602 g/mol. The molecule has 0 bridgehead atoms. The van der Waals surface area contributed by atoms with Crippen LogP contribution in [0.3, 0.4) is 0 Å². The van der Waals surface area contributed by atoms with Gasteiger partial charge in [-0.15, -0.1) is 0 Å². The lowest BCUT2D eigenvalue weighted by atomic mass is 10.0. The number of fused-ring (bicyclic) bond motifs is 1. The summed E-state index contributed by atoms with van der Waals surface area (Å²) in [7, 11) is 3.16. The fourth-order valence-corrected chi connectivity index (χ4v) is 5.86. The average Bonchev–Trinajstić information content (AvgIpc) is 3.80. The number of hydrogen-bond donors (Lipinski definition) is 1. The molecule has 1 atom stereocenters. The van der Waals surface area contributed by atoms with Crippen molar-refractivity contribution < 1.29 is 28.5 Å². The number of anilines is 1. The van der Waals surface area contributed by atoms with Gasteiger partial charge in [-0.25, -0.2) is 9.97 Å². The van der Waals surface area contributed by atoms with Crippen molar-refractivity contribution in [2.24, 2.45) is 0 Å². The topological polar surface area (TPSA) is 133 Å². The van der Waals surface area contributed by atoms with Crippen molar-refractivity contribution in [1.29, 1.82) is 0 Å². The van der Waals surface area contributed by atoms with Crippen molar-refractivity contribution in [3.63, 3.8) is 0 Å². The van der Waals surface area contributed by atoms with Crippen LogP contribution in [0, 0.1) is 0 Å². The molecule has 13 nitrogen and oxygen atoms in total. The molecule has 4 heterocycles. The van der Waals surface area contributed by atoms with Crippen LogP contribution in [0.5, 0.6) is 23.0 Å². The third-order valence-electron chi connectivity index (χ3n) is 8.40. The van der Waals surface area contributed by atoms with Gasteiger partial charge < -0.3 is 34.1 Å². The van der Waals surface area contributed by atoms with E-state index in [9.17, 15) is 9.59 Å². The van der Waals surface area contributed by atoms with Gasteiger partial charge in [0.1, 0.15) is 12.1 Å². The van der Waals surface area contributed by atoms with Crippen LogP contribution in [0.15, 0.2) is 61.3 Å². The molecule has 2 amide bonds. The molecule has 2 aliphatic heterocycles. The predicted molar refractivity (Wildman–Crippen MR) is 173 cm³/mol. The molecule has 2 aromatic heterocycles. The van der Waals surface area contributed by atoms with Crippen LogP contribution in [0.25, 0.3) is 5.95 Å². The van der Waals surface area contributed by atoms with E-state index in [1.165, 1.54) is 0 Å². The third kappa shape index (κ3) is 7.08. The standard InChI is InChI=1S/C34H39N7O6/c1-22(2)26-18-37-34(40-10-9-35-20-40)38-33(26)41-12-11-39(32(43)15-23-5-8-28-30(13-23)47-21-46-28)19-25(41)16-31(42)36-17-24-6-7-27(44-3)29(14-24)45-4/h5-10,13-14,18,20,22,25H,11-12,15-17,19,21H2,1-4H3,(H,36,42). The summed E-state index contributed by atoms with van der Waals surface area (Å²) in [5.74, 6) is 3.73. The maximum absolute atomic E-state index is 13.6. The number of ether oxygens (including phenoxy) is 4. The van der Waals surface area contributed by atoms with Crippen LogP contribution in [0.2, 0.25) is 0 Å². The lowest BCUT2D eigenvalue weighted by Crippen LogP contribution is -2.57. The number of amides is 2. The van der Waals surface area contributed by atoms with Crippen LogP contribution < -0.4 is 29.2 Å². The summed E-state index contributed by atoms with van der Waals surface area (Å²) >= 11 is 0. The van der Waals surface area contributed by atoms with E-state index in [2.05, 4.69) is 34.0 Å². The lowest BCUT2D eigenvalue weighted by Gasteiger charge is -2.43. The molecule has 2 aliphatic rings. The second kappa shape index (κ2) is 14.0. The number of carbonyl (C=O) groups excluding carboxylic acids is 2. The molecule has 6 rings (SSSR count). The second-order valence-corrected chi connectivity index (χ2v) is 11.8. The number of benzene rings is 2. The summed E-state index contributed by atoms with van der Waals surface area (Å²) in [6.45, 7) is 6.01. The van der Waals surface area contributed by atoms with Crippen molar-refractivity contribution >= 4 is 17.6 Å². The van der Waals surface area contributed by atoms with Gasteiger partial charge in [0.05, 0.1) is 26.7 Å². The summed E-state index contributed by atoms with van der Waals surface area (Å²) in [6, 6.07) is 10.8. The quantitative estimate of drug-likeness (QED) is 0.260. The monoisotopic (exact) mass is 641 g/mol. The van der Waals surface area contributed by atoms with Gasteiger partial charge in [0.15, 0.2) is 23.0 Å². The molecule has 1 saturated heterocycles. The Morgan fingerprint density at radius 3 is 2.60 bits per heavy atom. The van der Waals surface area contributed by atoms with E-state index in [0.29, 0.717) is 55.1 Å². The molecule has 1 fully saturated rings. The number of hydrogen-bond acceptors (Lipinski definition) is 10. The molecule has 4 aromatic rings. The maximum atomic E-state index is 13.6. The van der Waals surface area contributed by atoms with Gasteiger partial charge >= 0.3 is 0 Å². The van der Waals surface area contributed by atoms with Crippen LogP contribution in [0.1, 0.15) is 42.9 Å². The first-order valence-electron chi connectivity index (χ1n) is 15.6. The van der Waals surface area contributed by atoms with Crippen molar-refractivity contribution in [3.8, 4) is 28.9 Å². The molecule has 2 aromatic carbocycles. The lowest BCUT2D eigenvalue weighted by molar-refractivity contribution is -0.132. The predicted octanol–water partition coefficient (Wildman–Crippen LogP) is 3.50. The highest BCUT2D eigenvalue weighted by Crippen LogP contribution is 2.34. The Hall–Kier alpha value is -5.33. The minimum Gasteiger partial charge on any atom is -0.493 e. The van der Waals surface area contributed by atoms with E-state index in [1.54, 1.807) is 37.5 Å². The van der Waals surface area contributed by atoms with E-state index >= 15 is 0 Å². The largest absolute Gasteiger partial charge is 0.493 e. The average molecular weight is 642 g/mol. The Kier molecular flexibility index (Phi) is 9.41. The Morgan fingerprint density at radius 2 is 1.83 bits per heavy atom. The molecule has 0 aliphatic carbocycles. The van der Waals surface area contributed by atoms with Gasteiger partial charge in [-0.2, -0.15) is 4.98 Å². The fourth-order valence-electron chi connectivity index (χ4n) is 5.86. The smallest absolute Gasteiger partial charge is 0.236 e. The van der Waals surface area contributed by atoms with Crippen molar-refractivity contribution in [1.82, 2.24) is 29.7 Å². The summed E-state index contributed by atoms with van der Waals surface area (Å²) in [4.78, 5) is 44.8. The highest BCUT2D eigenvalue weighted by molar-refractivity contribution is 5.80. The first kappa shape index (κ1) is 31.6. The first-order valence-corrected chi connectivity index (χ1v) is 15.6. The van der Waals surface area contributed by atoms with Crippen molar-refractivity contribution in [2.75, 3.05) is 45.5 Å². The SMILES string of the molecule is COc1ccc(CNC(=O)CC2CN(C(=O)Cc3ccc4c(c3)OCO4)CCN2c2nc(-n3ccnc3)ncc2C(C)C)cc1OC. The fraction of sp³-hybridized carbons (Fsp3) is 0.382. The Bertz CT molecular complexity index is 1730. The number of methoxy groups -OCH3 is 2. The summed E-state index contributed by atoms with van der Waals surface area (Å²) in [5.41, 5.74) is 2.68. The Labute approximate surface area is 273 Å². The zero-order valence-electron chi connectivity index (χ0n) is 27.0.